The van der Waals surface area contributed by atoms with E-state index in [9.17, 15) is 22.5 Å². The van der Waals surface area contributed by atoms with Crippen molar-refractivity contribution in [2.24, 2.45) is 0 Å². The van der Waals surface area contributed by atoms with Crippen molar-refractivity contribution >= 4 is 13.6 Å². The first kappa shape index (κ1) is 28.3. The van der Waals surface area contributed by atoms with E-state index >= 15 is 0 Å². The SMILES string of the molecule is CCOP(=O)(OCC)C(C(=O)OC(C)(C)C)C(C)c1nc(C2(c3ccc(C(F)(F)F)cc3)CC2)no1. The van der Waals surface area contributed by atoms with Gasteiger partial charge in [-0.25, -0.2) is 0 Å². The molecule has 0 aliphatic heterocycles. The first-order chi connectivity index (χ1) is 16.7. The Labute approximate surface area is 208 Å². The number of esters is 1. The van der Waals surface area contributed by atoms with Gasteiger partial charge < -0.3 is 18.3 Å². The normalized spacial score (nSPS) is 17.5. The van der Waals surface area contributed by atoms with E-state index in [1.807, 2.05) is 0 Å². The predicted octanol–water partition coefficient (Wildman–Crippen LogP) is 6.25. The summed E-state index contributed by atoms with van der Waals surface area (Å²) in [5, 5.41) is 4.08. The molecule has 1 aromatic heterocycles. The molecule has 1 saturated carbocycles. The molecule has 1 heterocycles. The van der Waals surface area contributed by atoms with Crippen molar-refractivity contribution in [2.75, 3.05) is 13.2 Å². The second kappa shape index (κ2) is 10.3. The zero-order valence-electron chi connectivity index (χ0n) is 21.2. The number of halogens is 3. The fraction of sp³-hybridized carbons (Fsp3) is 0.625. The summed E-state index contributed by atoms with van der Waals surface area (Å²) in [5.74, 6) is -1.37. The highest BCUT2D eigenvalue weighted by molar-refractivity contribution is 7.55. The van der Waals surface area contributed by atoms with Crippen LogP contribution in [0.4, 0.5) is 13.2 Å². The monoisotopic (exact) mass is 532 g/mol. The van der Waals surface area contributed by atoms with Crippen molar-refractivity contribution in [3.63, 3.8) is 0 Å². The van der Waals surface area contributed by atoms with E-state index in [-0.39, 0.29) is 24.9 Å². The molecule has 2 unspecified atom stereocenters. The van der Waals surface area contributed by atoms with Crippen molar-refractivity contribution in [1.29, 1.82) is 0 Å². The summed E-state index contributed by atoms with van der Waals surface area (Å²) in [5.41, 5.74) is -3.03. The Bertz CT molecular complexity index is 1100. The fourth-order valence-electron chi connectivity index (χ4n) is 4.02. The van der Waals surface area contributed by atoms with Crippen LogP contribution in [0.2, 0.25) is 0 Å². The summed E-state index contributed by atoms with van der Waals surface area (Å²) in [7, 11) is -4.00. The number of alkyl halides is 3. The molecular formula is C24H32F3N2O6P. The molecule has 1 aromatic carbocycles. The van der Waals surface area contributed by atoms with Crippen LogP contribution in [0.15, 0.2) is 28.8 Å². The molecule has 1 aliphatic rings. The van der Waals surface area contributed by atoms with E-state index in [1.165, 1.54) is 12.1 Å². The third-order valence-electron chi connectivity index (χ3n) is 5.85. The summed E-state index contributed by atoms with van der Waals surface area (Å²) in [6, 6.07) is 4.88. The van der Waals surface area contributed by atoms with Crippen LogP contribution < -0.4 is 0 Å². The Morgan fingerprint density at radius 3 is 2.11 bits per heavy atom. The molecular weight excluding hydrogens is 500 g/mol. The molecule has 12 heteroatoms. The minimum atomic E-state index is -4.43. The lowest BCUT2D eigenvalue weighted by molar-refractivity contribution is -0.155. The molecule has 200 valence electrons. The van der Waals surface area contributed by atoms with Crippen molar-refractivity contribution < 1.29 is 40.8 Å². The Kier molecular flexibility index (Phi) is 8.08. The topological polar surface area (TPSA) is 101 Å². The summed E-state index contributed by atoms with van der Waals surface area (Å²) < 4.78 is 74.5. The number of hydrogen-bond donors (Lipinski definition) is 0. The van der Waals surface area contributed by atoms with Gasteiger partial charge in [-0.3, -0.25) is 9.36 Å². The van der Waals surface area contributed by atoms with Gasteiger partial charge in [-0.1, -0.05) is 24.2 Å². The second-order valence-electron chi connectivity index (χ2n) is 9.76. The lowest BCUT2D eigenvalue weighted by Gasteiger charge is -2.30. The van der Waals surface area contributed by atoms with Gasteiger partial charge in [0.1, 0.15) is 5.60 Å². The van der Waals surface area contributed by atoms with Gasteiger partial charge >= 0.3 is 19.7 Å². The van der Waals surface area contributed by atoms with Gasteiger partial charge in [0.15, 0.2) is 11.5 Å². The maximum absolute atomic E-state index is 13.7. The van der Waals surface area contributed by atoms with E-state index in [2.05, 4.69) is 10.1 Å². The summed E-state index contributed by atoms with van der Waals surface area (Å²) in [6.07, 6.45) is -3.19. The molecule has 8 nitrogen and oxygen atoms in total. The first-order valence-corrected chi connectivity index (χ1v) is 13.4. The van der Waals surface area contributed by atoms with Gasteiger partial charge in [-0.05, 0) is 65.2 Å². The Morgan fingerprint density at radius 2 is 1.67 bits per heavy atom. The summed E-state index contributed by atoms with van der Waals surface area (Å²) >= 11 is 0. The van der Waals surface area contributed by atoms with Gasteiger partial charge in [0, 0.05) is 0 Å². The van der Waals surface area contributed by atoms with Crippen LogP contribution in [-0.4, -0.2) is 40.6 Å². The molecule has 0 spiro atoms. The minimum Gasteiger partial charge on any atom is -0.459 e. The van der Waals surface area contributed by atoms with Crippen LogP contribution in [-0.2, 0) is 34.7 Å². The van der Waals surface area contributed by atoms with Gasteiger partial charge in [0.2, 0.25) is 5.89 Å². The number of carbonyl (C=O) groups is 1. The smallest absolute Gasteiger partial charge is 0.416 e. The quantitative estimate of drug-likeness (QED) is 0.262. The van der Waals surface area contributed by atoms with Crippen LogP contribution >= 0.6 is 7.60 Å². The van der Waals surface area contributed by atoms with Crippen molar-refractivity contribution in [2.45, 2.75) is 83.2 Å². The molecule has 1 fully saturated rings. The molecule has 36 heavy (non-hydrogen) atoms. The number of carbonyl (C=O) groups excluding carboxylic acids is 1. The third kappa shape index (κ3) is 6.01. The van der Waals surface area contributed by atoms with E-state index in [4.69, 9.17) is 18.3 Å². The van der Waals surface area contributed by atoms with E-state index in [1.54, 1.807) is 41.5 Å². The molecule has 0 saturated heterocycles. The number of ether oxygens (including phenoxy) is 1. The average molecular weight is 532 g/mol. The maximum atomic E-state index is 13.7. The Balaban J connectivity index is 1.95. The number of benzene rings is 1. The van der Waals surface area contributed by atoms with Gasteiger partial charge in [-0.2, -0.15) is 18.2 Å². The number of rotatable bonds is 10. The zero-order chi connectivity index (χ0) is 26.9. The molecule has 2 aromatic rings. The van der Waals surface area contributed by atoms with Gasteiger partial charge in [0.05, 0.1) is 30.1 Å². The van der Waals surface area contributed by atoms with Crippen molar-refractivity contribution in [3.8, 4) is 0 Å². The molecule has 0 amide bonds. The predicted molar refractivity (Wildman–Crippen MR) is 125 cm³/mol. The molecule has 2 atom stereocenters. The number of aromatic nitrogens is 2. The maximum Gasteiger partial charge on any atom is 0.416 e. The van der Waals surface area contributed by atoms with E-state index in [0.717, 1.165) is 12.1 Å². The number of nitrogens with zero attached hydrogens (tertiary/aromatic N) is 2. The fourth-order valence-corrected chi connectivity index (χ4v) is 6.12. The van der Waals surface area contributed by atoms with Crippen molar-refractivity contribution in [3.05, 3.63) is 47.1 Å². The van der Waals surface area contributed by atoms with Crippen LogP contribution in [0.5, 0.6) is 0 Å². The van der Waals surface area contributed by atoms with E-state index < -0.39 is 47.9 Å². The summed E-state index contributed by atoms with van der Waals surface area (Å²) in [4.78, 5) is 17.7. The second-order valence-corrected chi connectivity index (χ2v) is 11.9. The van der Waals surface area contributed by atoms with Gasteiger partial charge in [0.25, 0.3) is 0 Å². The standard InChI is InChI=1S/C24H32F3N2O6P/c1-7-32-36(31,33-8-2)18(20(30)34-22(4,5)6)15(3)19-28-21(29-35-19)23(13-14-23)16-9-11-17(12-10-16)24(25,26)27/h9-12,15,18H,7-8,13-14H2,1-6H3. The van der Waals surface area contributed by atoms with Crippen LogP contribution in [0.3, 0.4) is 0 Å². The lowest BCUT2D eigenvalue weighted by atomic mass is 9.94. The first-order valence-electron chi connectivity index (χ1n) is 11.8. The van der Waals surface area contributed by atoms with Crippen LogP contribution in [0, 0.1) is 0 Å². The number of hydrogen-bond acceptors (Lipinski definition) is 8. The third-order valence-corrected chi connectivity index (χ3v) is 8.43. The lowest BCUT2D eigenvalue weighted by Crippen LogP contribution is -2.36. The molecule has 0 radical (unpaired) electrons. The van der Waals surface area contributed by atoms with Crippen molar-refractivity contribution in [1.82, 2.24) is 10.1 Å². The highest BCUT2D eigenvalue weighted by Gasteiger charge is 2.52. The average Bonchev–Trinajstić information content (AvgIpc) is 3.41. The molecule has 1 aliphatic carbocycles. The van der Waals surface area contributed by atoms with E-state index in [0.29, 0.717) is 18.4 Å². The minimum absolute atomic E-state index is 0.0266. The highest BCUT2D eigenvalue weighted by Crippen LogP contribution is 2.58. The largest absolute Gasteiger partial charge is 0.459 e. The summed E-state index contributed by atoms with van der Waals surface area (Å²) in [6.45, 7) is 9.99. The van der Waals surface area contributed by atoms with Crippen LogP contribution in [0.25, 0.3) is 0 Å². The molecule has 3 rings (SSSR count). The zero-order valence-corrected chi connectivity index (χ0v) is 22.1. The van der Waals surface area contributed by atoms with Gasteiger partial charge in [-0.15, -0.1) is 0 Å². The Hall–Kier alpha value is -2.23. The highest BCUT2D eigenvalue weighted by atomic mass is 31.2. The van der Waals surface area contributed by atoms with Crippen LogP contribution in [0.1, 0.15) is 83.1 Å². The molecule has 0 N–H and O–H groups in total. The molecule has 0 bridgehead atoms. The Morgan fingerprint density at radius 1 is 1.11 bits per heavy atom.